The first-order valence-corrected chi connectivity index (χ1v) is 14.7. The lowest BCUT2D eigenvalue weighted by Gasteiger charge is -2.39. The molecule has 0 aromatic heterocycles. The lowest BCUT2D eigenvalue weighted by Crippen LogP contribution is -2.48. The molecule has 38 heavy (non-hydrogen) atoms. The third-order valence-corrected chi connectivity index (χ3v) is 7.84. The molecule has 0 spiro atoms. The highest BCUT2D eigenvalue weighted by Gasteiger charge is 2.28. The number of piperidine rings is 2. The van der Waals surface area contributed by atoms with Crippen molar-refractivity contribution in [3.05, 3.63) is 65.5 Å². The van der Waals surface area contributed by atoms with Crippen LogP contribution in [0.1, 0.15) is 63.5 Å². The van der Waals surface area contributed by atoms with Crippen molar-refractivity contribution < 1.29 is 13.9 Å². The molecule has 0 bridgehead atoms. The molecule has 6 heteroatoms. The van der Waals surface area contributed by atoms with Crippen LogP contribution in [0, 0.1) is 11.7 Å². The lowest BCUT2D eigenvalue weighted by molar-refractivity contribution is -0.134. The first-order valence-electron chi connectivity index (χ1n) is 14.7. The topological polar surface area (TPSA) is 36.0 Å². The van der Waals surface area contributed by atoms with Crippen LogP contribution in [-0.4, -0.2) is 72.5 Å². The summed E-state index contributed by atoms with van der Waals surface area (Å²) in [6.07, 6.45) is 7.63. The number of likely N-dealkylation sites (tertiary alicyclic amines) is 2. The van der Waals surface area contributed by atoms with E-state index in [9.17, 15) is 9.18 Å². The molecule has 0 saturated carbocycles. The molecule has 2 aliphatic rings. The number of ether oxygens (including phenoxy) is 1. The van der Waals surface area contributed by atoms with Crippen molar-refractivity contribution >= 4 is 5.91 Å². The molecule has 2 aromatic rings. The van der Waals surface area contributed by atoms with Crippen molar-refractivity contribution in [1.29, 1.82) is 0 Å². The van der Waals surface area contributed by atoms with Gasteiger partial charge in [0.15, 0.2) is 0 Å². The van der Waals surface area contributed by atoms with Crippen LogP contribution in [0.2, 0.25) is 0 Å². The number of hydrogen-bond acceptors (Lipinski definition) is 4. The van der Waals surface area contributed by atoms with Gasteiger partial charge in [0, 0.05) is 25.7 Å². The minimum atomic E-state index is -0.246. The fourth-order valence-corrected chi connectivity index (χ4v) is 5.61. The van der Waals surface area contributed by atoms with Crippen molar-refractivity contribution in [2.24, 2.45) is 5.92 Å². The van der Waals surface area contributed by atoms with E-state index >= 15 is 0 Å². The molecule has 1 amide bonds. The zero-order valence-corrected chi connectivity index (χ0v) is 23.4. The van der Waals surface area contributed by atoms with Gasteiger partial charge < -0.3 is 19.4 Å². The first kappa shape index (κ1) is 28.6. The SMILES string of the molecule is CC(C)COc1ccc(CC(=O)N(Cc2ccc(F)cc2)C2CCN(CCCN3CCCCC3)CC2)cc1. The molecule has 0 radical (unpaired) electrons. The molecular formula is C32H46FN3O2. The van der Waals surface area contributed by atoms with Crippen LogP contribution in [0.5, 0.6) is 5.75 Å². The third kappa shape index (κ3) is 9.09. The van der Waals surface area contributed by atoms with E-state index in [1.807, 2.05) is 29.2 Å². The van der Waals surface area contributed by atoms with Crippen molar-refractivity contribution in [2.45, 2.75) is 71.4 Å². The maximum atomic E-state index is 13.6. The number of hydrogen-bond donors (Lipinski definition) is 0. The highest BCUT2D eigenvalue weighted by atomic mass is 19.1. The fraction of sp³-hybridized carbons (Fsp3) is 0.594. The molecule has 5 nitrogen and oxygen atoms in total. The zero-order valence-electron chi connectivity index (χ0n) is 23.4. The molecule has 4 rings (SSSR count). The number of carbonyl (C=O) groups is 1. The van der Waals surface area contributed by atoms with Crippen LogP contribution in [0.4, 0.5) is 4.39 Å². The second kappa shape index (κ2) is 14.6. The van der Waals surface area contributed by atoms with Gasteiger partial charge in [-0.3, -0.25) is 4.79 Å². The predicted molar refractivity (Wildman–Crippen MR) is 152 cm³/mol. The molecule has 0 unspecified atom stereocenters. The van der Waals surface area contributed by atoms with Crippen LogP contribution in [0.25, 0.3) is 0 Å². The molecule has 2 saturated heterocycles. The van der Waals surface area contributed by atoms with E-state index in [-0.39, 0.29) is 17.8 Å². The fourth-order valence-electron chi connectivity index (χ4n) is 5.61. The van der Waals surface area contributed by atoms with Gasteiger partial charge in [-0.2, -0.15) is 0 Å². The Balaban J connectivity index is 1.32. The van der Waals surface area contributed by atoms with Crippen molar-refractivity contribution in [2.75, 3.05) is 45.9 Å². The monoisotopic (exact) mass is 523 g/mol. The summed E-state index contributed by atoms with van der Waals surface area (Å²) in [6, 6.07) is 14.7. The highest BCUT2D eigenvalue weighted by Crippen LogP contribution is 2.22. The Labute approximate surface area is 228 Å². The molecule has 2 fully saturated rings. The smallest absolute Gasteiger partial charge is 0.227 e. The maximum Gasteiger partial charge on any atom is 0.227 e. The van der Waals surface area contributed by atoms with Gasteiger partial charge in [0.2, 0.25) is 5.91 Å². The van der Waals surface area contributed by atoms with Gasteiger partial charge >= 0.3 is 0 Å². The average molecular weight is 524 g/mol. The number of rotatable bonds is 12. The second-order valence-electron chi connectivity index (χ2n) is 11.5. The summed E-state index contributed by atoms with van der Waals surface area (Å²) >= 11 is 0. The van der Waals surface area contributed by atoms with E-state index in [0.29, 0.717) is 25.5 Å². The number of nitrogens with zero attached hydrogens (tertiary/aromatic N) is 3. The van der Waals surface area contributed by atoms with Crippen LogP contribution >= 0.6 is 0 Å². The minimum Gasteiger partial charge on any atom is -0.493 e. The largest absolute Gasteiger partial charge is 0.493 e. The Kier molecular flexibility index (Phi) is 11.0. The molecule has 208 valence electrons. The summed E-state index contributed by atoms with van der Waals surface area (Å²) in [5.74, 6) is 1.20. The molecule has 2 aromatic carbocycles. The summed E-state index contributed by atoms with van der Waals surface area (Å²) in [4.78, 5) is 20.8. The Morgan fingerprint density at radius 1 is 0.895 bits per heavy atom. The van der Waals surface area contributed by atoms with Gasteiger partial charge in [0.25, 0.3) is 0 Å². The van der Waals surface area contributed by atoms with E-state index in [0.717, 1.165) is 49.4 Å². The second-order valence-corrected chi connectivity index (χ2v) is 11.5. The number of carbonyl (C=O) groups excluding carboxylic acids is 1. The number of benzene rings is 2. The Bertz CT molecular complexity index is 965. The van der Waals surface area contributed by atoms with Crippen LogP contribution in [0.3, 0.4) is 0 Å². The molecule has 0 aliphatic carbocycles. The standard InChI is InChI=1S/C32H46FN3O2/c1-26(2)25-38-31-13-9-27(10-14-31)23-32(37)36(24-28-7-11-29(33)12-8-28)30-15-21-35(22-16-30)20-6-19-34-17-4-3-5-18-34/h7-14,26,30H,3-6,15-25H2,1-2H3. The van der Waals surface area contributed by atoms with Crippen LogP contribution in [0.15, 0.2) is 48.5 Å². The van der Waals surface area contributed by atoms with E-state index < -0.39 is 0 Å². The molecule has 2 heterocycles. The Morgan fingerprint density at radius 3 is 2.13 bits per heavy atom. The van der Waals surface area contributed by atoms with Crippen LogP contribution < -0.4 is 4.74 Å². The van der Waals surface area contributed by atoms with Gasteiger partial charge in [-0.15, -0.1) is 0 Å². The molecule has 0 N–H and O–H groups in total. The first-order chi connectivity index (χ1) is 18.5. The normalized spacial score (nSPS) is 17.6. The van der Waals surface area contributed by atoms with Gasteiger partial charge in [0.05, 0.1) is 13.0 Å². The summed E-state index contributed by atoms with van der Waals surface area (Å²) in [5, 5.41) is 0. The van der Waals surface area contributed by atoms with E-state index in [4.69, 9.17) is 4.74 Å². The van der Waals surface area contributed by atoms with Gasteiger partial charge in [-0.1, -0.05) is 44.5 Å². The highest BCUT2D eigenvalue weighted by molar-refractivity contribution is 5.79. The van der Waals surface area contributed by atoms with Crippen molar-refractivity contribution in [3.8, 4) is 5.75 Å². The number of amides is 1. The van der Waals surface area contributed by atoms with Gasteiger partial charge in [-0.25, -0.2) is 4.39 Å². The van der Waals surface area contributed by atoms with Crippen LogP contribution in [-0.2, 0) is 17.8 Å². The molecule has 2 aliphatic heterocycles. The lowest BCUT2D eigenvalue weighted by atomic mass is 10.0. The average Bonchev–Trinajstić information content (AvgIpc) is 2.93. The quantitative estimate of drug-likeness (QED) is 0.354. The third-order valence-electron chi connectivity index (χ3n) is 7.84. The molecular weight excluding hydrogens is 477 g/mol. The minimum absolute atomic E-state index is 0.133. The zero-order chi connectivity index (χ0) is 26.7. The maximum absolute atomic E-state index is 13.6. The van der Waals surface area contributed by atoms with Crippen molar-refractivity contribution in [1.82, 2.24) is 14.7 Å². The summed E-state index contributed by atoms with van der Waals surface area (Å²) in [7, 11) is 0. The predicted octanol–water partition coefficient (Wildman–Crippen LogP) is 5.77. The Hall–Kier alpha value is -2.44. The van der Waals surface area contributed by atoms with Gasteiger partial charge in [-0.05, 0) is 99.6 Å². The Morgan fingerprint density at radius 2 is 1.50 bits per heavy atom. The van der Waals surface area contributed by atoms with Gasteiger partial charge in [0.1, 0.15) is 11.6 Å². The van der Waals surface area contributed by atoms with E-state index in [1.165, 1.54) is 57.5 Å². The number of halogens is 1. The van der Waals surface area contributed by atoms with E-state index in [2.05, 4.69) is 23.6 Å². The van der Waals surface area contributed by atoms with E-state index in [1.54, 1.807) is 12.1 Å². The summed E-state index contributed by atoms with van der Waals surface area (Å²) in [5.41, 5.74) is 1.97. The van der Waals surface area contributed by atoms with Crippen molar-refractivity contribution in [3.63, 3.8) is 0 Å². The summed E-state index contributed by atoms with van der Waals surface area (Å²) < 4.78 is 19.3. The molecule has 0 atom stereocenters. The summed E-state index contributed by atoms with van der Waals surface area (Å²) in [6.45, 7) is 12.4.